The number of hydrogen-bond donors (Lipinski definition) is 1. The molecule has 23 heavy (non-hydrogen) atoms. The molecule has 0 radical (unpaired) electrons. The van der Waals surface area contributed by atoms with Crippen molar-refractivity contribution in [1.29, 1.82) is 0 Å². The Balaban J connectivity index is 1.99. The van der Waals surface area contributed by atoms with E-state index in [4.69, 9.17) is 16.3 Å². The fraction of sp³-hybridized carbons (Fsp3) is 0.400. The lowest BCUT2D eigenvalue weighted by Crippen LogP contribution is -2.33. The fourth-order valence-electron chi connectivity index (χ4n) is 2.17. The van der Waals surface area contributed by atoms with Gasteiger partial charge in [-0.05, 0) is 25.1 Å². The second-order valence-electron chi connectivity index (χ2n) is 4.95. The molecule has 2 aromatic rings. The molecule has 1 aromatic carbocycles. The summed E-state index contributed by atoms with van der Waals surface area (Å²) in [7, 11) is 1.58. The molecule has 0 aliphatic carbocycles. The molecule has 124 valence electrons. The molecule has 8 heteroatoms. The number of hydrogen-bond acceptors (Lipinski definition) is 6. The van der Waals surface area contributed by atoms with Crippen LogP contribution in [0.5, 0.6) is 5.75 Å². The molecule has 2 rings (SSSR count). The molecule has 1 heterocycles. The molecule has 1 aromatic heterocycles. The molecule has 0 fully saturated rings. The Bertz CT molecular complexity index is 650. The van der Waals surface area contributed by atoms with Gasteiger partial charge in [-0.25, -0.2) is 0 Å². The van der Waals surface area contributed by atoms with Gasteiger partial charge in [0.1, 0.15) is 15.8 Å². The van der Waals surface area contributed by atoms with E-state index in [-0.39, 0.29) is 12.5 Å². The number of benzene rings is 1. The van der Waals surface area contributed by atoms with Gasteiger partial charge < -0.3 is 10.1 Å². The van der Waals surface area contributed by atoms with E-state index in [9.17, 15) is 4.79 Å². The highest BCUT2D eigenvalue weighted by atomic mass is 35.5. The number of carbonyl (C=O) groups is 1. The minimum absolute atomic E-state index is 0.109. The SMILES string of the molecule is CCCN(CC(=O)Nc1ccccc1OC)Cc1nnsc1Cl. The first-order valence-electron chi connectivity index (χ1n) is 7.26. The normalized spacial score (nSPS) is 10.8. The van der Waals surface area contributed by atoms with E-state index in [1.807, 2.05) is 23.1 Å². The van der Waals surface area contributed by atoms with E-state index < -0.39 is 0 Å². The number of para-hydroxylation sites is 2. The quantitative estimate of drug-likeness (QED) is 0.789. The fourth-order valence-corrected chi connectivity index (χ4v) is 2.79. The number of nitrogens with zero attached hydrogens (tertiary/aromatic N) is 3. The van der Waals surface area contributed by atoms with Crippen molar-refractivity contribution in [3.63, 3.8) is 0 Å². The molecule has 0 saturated carbocycles. The van der Waals surface area contributed by atoms with E-state index in [0.717, 1.165) is 24.5 Å². The standard InChI is InChI=1S/C15H19ClN4O2S/c1-3-8-20(9-12-15(16)23-19-18-12)10-14(21)17-11-6-4-5-7-13(11)22-2/h4-7H,3,8-10H2,1-2H3,(H,17,21). The van der Waals surface area contributed by atoms with Gasteiger partial charge in [-0.2, -0.15) is 0 Å². The van der Waals surface area contributed by atoms with Gasteiger partial charge in [-0.3, -0.25) is 9.69 Å². The number of amides is 1. The number of nitrogens with one attached hydrogen (secondary N) is 1. The van der Waals surface area contributed by atoms with E-state index >= 15 is 0 Å². The molecule has 0 atom stereocenters. The first-order valence-corrected chi connectivity index (χ1v) is 8.41. The van der Waals surface area contributed by atoms with Gasteiger partial charge in [0.05, 0.1) is 19.3 Å². The Morgan fingerprint density at radius 1 is 1.43 bits per heavy atom. The van der Waals surface area contributed by atoms with Crippen molar-refractivity contribution in [3.8, 4) is 5.75 Å². The Hall–Kier alpha value is -1.70. The monoisotopic (exact) mass is 354 g/mol. The maximum Gasteiger partial charge on any atom is 0.238 e. The van der Waals surface area contributed by atoms with Crippen molar-refractivity contribution in [2.75, 3.05) is 25.5 Å². The van der Waals surface area contributed by atoms with Gasteiger partial charge in [0.25, 0.3) is 0 Å². The number of halogens is 1. The van der Waals surface area contributed by atoms with Crippen LogP contribution < -0.4 is 10.1 Å². The maximum atomic E-state index is 12.3. The highest BCUT2D eigenvalue weighted by molar-refractivity contribution is 7.10. The van der Waals surface area contributed by atoms with Crippen molar-refractivity contribution >= 4 is 34.7 Å². The van der Waals surface area contributed by atoms with Gasteiger partial charge in [-0.1, -0.05) is 35.1 Å². The molecule has 6 nitrogen and oxygen atoms in total. The lowest BCUT2D eigenvalue weighted by molar-refractivity contribution is -0.117. The maximum absolute atomic E-state index is 12.3. The van der Waals surface area contributed by atoms with Crippen LogP contribution >= 0.6 is 23.1 Å². The summed E-state index contributed by atoms with van der Waals surface area (Å²) in [5.74, 6) is 0.525. The summed E-state index contributed by atoms with van der Waals surface area (Å²) in [5.41, 5.74) is 1.36. The Morgan fingerprint density at radius 3 is 2.87 bits per heavy atom. The van der Waals surface area contributed by atoms with Crippen molar-refractivity contribution in [2.24, 2.45) is 0 Å². The zero-order chi connectivity index (χ0) is 16.7. The first kappa shape index (κ1) is 17.7. The minimum atomic E-state index is -0.109. The second kappa shape index (κ2) is 8.81. The summed E-state index contributed by atoms with van der Waals surface area (Å²) in [6.07, 6.45) is 0.928. The van der Waals surface area contributed by atoms with Gasteiger partial charge in [-0.15, -0.1) is 5.10 Å². The molecule has 1 N–H and O–H groups in total. The smallest absolute Gasteiger partial charge is 0.238 e. The predicted octanol–water partition coefficient (Wildman–Crippen LogP) is 3.05. The van der Waals surface area contributed by atoms with Crippen LogP contribution in [-0.4, -0.2) is 40.6 Å². The van der Waals surface area contributed by atoms with Gasteiger partial charge >= 0.3 is 0 Å². The van der Waals surface area contributed by atoms with Crippen LogP contribution in [0, 0.1) is 0 Å². The van der Waals surface area contributed by atoms with Crippen LogP contribution in [0.1, 0.15) is 19.0 Å². The third-order valence-electron chi connectivity index (χ3n) is 3.17. The third kappa shape index (κ3) is 5.16. The number of anilines is 1. The summed E-state index contributed by atoms with van der Waals surface area (Å²) in [4.78, 5) is 14.3. The Morgan fingerprint density at radius 2 is 2.22 bits per heavy atom. The van der Waals surface area contributed by atoms with Crippen molar-refractivity contribution in [2.45, 2.75) is 19.9 Å². The number of carbonyl (C=O) groups excluding carboxylic acids is 1. The van der Waals surface area contributed by atoms with Crippen LogP contribution in [0.3, 0.4) is 0 Å². The number of ether oxygens (including phenoxy) is 1. The molecule has 0 bridgehead atoms. The topological polar surface area (TPSA) is 67.4 Å². The first-order chi connectivity index (χ1) is 11.1. The number of aromatic nitrogens is 2. The average molecular weight is 355 g/mol. The molecule has 1 amide bonds. The number of rotatable bonds is 8. The summed E-state index contributed by atoms with van der Waals surface area (Å²) < 4.78 is 9.62. The van der Waals surface area contributed by atoms with Crippen LogP contribution in [0.25, 0.3) is 0 Å². The lowest BCUT2D eigenvalue weighted by Gasteiger charge is -2.20. The van der Waals surface area contributed by atoms with Crippen LogP contribution in [0.4, 0.5) is 5.69 Å². The Labute approximate surface area is 144 Å². The van der Waals surface area contributed by atoms with Crippen LogP contribution in [-0.2, 0) is 11.3 Å². The van der Waals surface area contributed by atoms with Crippen LogP contribution in [0.2, 0.25) is 4.34 Å². The average Bonchev–Trinajstić information content (AvgIpc) is 2.93. The summed E-state index contributed by atoms with van der Waals surface area (Å²) in [5, 5.41) is 6.87. The molecule has 0 unspecified atom stereocenters. The van der Waals surface area contributed by atoms with Gasteiger partial charge in [0.2, 0.25) is 5.91 Å². The van der Waals surface area contributed by atoms with Crippen molar-refractivity contribution in [3.05, 3.63) is 34.3 Å². The summed E-state index contributed by atoms with van der Waals surface area (Å²) in [6, 6.07) is 7.32. The van der Waals surface area contributed by atoms with E-state index in [1.165, 1.54) is 0 Å². The Kier molecular flexibility index (Phi) is 6.76. The zero-order valence-corrected chi connectivity index (χ0v) is 14.7. The lowest BCUT2D eigenvalue weighted by atomic mass is 10.3. The molecule has 0 spiro atoms. The third-order valence-corrected chi connectivity index (χ3v) is 4.16. The number of methoxy groups -OCH3 is 1. The largest absolute Gasteiger partial charge is 0.495 e. The predicted molar refractivity (Wildman–Crippen MR) is 92.1 cm³/mol. The highest BCUT2D eigenvalue weighted by Gasteiger charge is 2.15. The molecular weight excluding hydrogens is 336 g/mol. The van der Waals surface area contributed by atoms with Gasteiger partial charge in [0.15, 0.2) is 0 Å². The summed E-state index contributed by atoms with van der Waals surface area (Å²) >= 11 is 7.19. The van der Waals surface area contributed by atoms with E-state index in [2.05, 4.69) is 21.8 Å². The minimum Gasteiger partial charge on any atom is -0.495 e. The second-order valence-corrected chi connectivity index (χ2v) is 6.31. The van der Waals surface area contributed by atoms with E-state index in [1.54, 1.807) is 13.2 Å². The molecule has 0 aliphatic heterocycles. The molecular formula is C15H19ClN4O2S. The highest BCUT2D eigenvalue weighted by Crippen LogP contribution is 2.23. The van der Waals surface area contributed by atoms with Gasteiger partial charge in [0, 0.05) is 18.1 Å². The van der Waals surface area contributed by atoms with Crippen molar-refractivity contribution < 1.29 is 9.53 Å². The zero-order valence-electron chi connectivity index (χ0n) is 13.1. The molecule has 0 saturated heterocycles. The van der Waals surface area contributed by atoms with Crippen LogP contribution in [0.15, 0.2) is 24.3 Å². The van der Waals surface area contributed by atoms with Crippen molar-refractivity contribution in [1.82, 2.24) is 14.5 Å². The van der Waals surface area contributed by atoms with E-state index in [0.29, 0.717) is 28.0 Å². The molecule has 0 aliphatic rings. The summed E-state index contributed by atoms with van der Waals surface area (Å²) in [6.45, 7) is 3.58.